The molecule has 0 saturated carbocycles. The Morgan fingerprint density at radius 3 is 2.67 bits per heavy atom. The van der Waals surface area contributed by atoms with Gasteiger partial charge in [-0.3, -0.25) is 9.59 Å². The number of aromatic amines is 1. The van der Waals surface area contributed by atoms with Gasteiger partial charge in [0.2, 0.25) is 0 Å². The zero-order chi connectivity index (χ0) is 16.0. The Bertz CT molecular complexity index is 585. The van der Waals surface area contributed by atoms with E-state index in [0.29, 0.717) is 22.9 Å². The lowest BCUT2D eigenvalue weighted by molar-refractivity contribution is -0.143. The molecule has 0 fully saturated rings. The molecule has 21 heavy (non-hydrogen) atoms. The third-order valence-corrected chi connectivity index (χ3v) is 3.48. The van der Waals surface area contributed by atoms with E-state index in [1.165, 1.54) is 16.7 Å². The number of thioether (sulfide) groups is 1. The van der Waals surface area contributed by atoms with Crippen molar-refractivity contribution in [3.63, 3.8) is 0 Å². The molecule has 1 N–H and O–H groups in total. The largest absolute Gasteiger partial charge is 0.466 e. The molecule has 0 aliphatic carbocycles. The van der Waals surface area contributed by atoms with E-state index in [-0.39, 0.29) is 24.8 Å². The minimum absolute atomic E-state index is 0.126. The SMILES string of the molecule is CCOC(=O)CCN(C)C(=O)c1c(SC)nc(=O)[nH]c1C. The van der Waals surface area contributed by atoms with Crippen LogP contribution in [0.3, 0.4) is 0 Å². The number of carbonyl (C=O) groups is 2. The molecule has 0 spiro atoms. The van der Waals surface area contributed by atoms with Crippen molar-refractivity contribution in [2.24, 2.45) is 0 Å². The number of carbonyl (C=O) groups excluding carboxylic acids is 2. The van der Waals surface area contributed by atoms with Crippen LogP contribution in [0.5, 0.6) is 0 Å². The summed E-state index contributed by atoms with van der Waals surface area (Å²) < 4.78 is 4.82. The van der Waals surface area contributed by atoms with Crippen LogP contribution < -0.4 is 5.69 Å². The van der Waals surface area contributed by atoms with Crippen molar-refractivity contribution in [2.75, 3.05) is 26.5 Å². The van der Waals surface area contributed by atoms with Crippen LogP contribution in [-0.4, -0.2) is 53.2 Å². The highest BCUT2D eigenvalue weighted by atomic mass is 32.2. The van der Waals surface area contributed by atoms with Crippen LogP contribution in [0.1, 0.15) is 29.4 Å². The minimum Gasteiger partial charge on any atom is -0.466 e. The lowest BCUT2D eigenvalue weighted by Crippen LogP contribution is -2.32. The fraction of sp³-hybridized carbons (Fsp3) is 0.538. The highest BCUT2D eigenvalue weighted by Gasteiger charge is 2.21. The predicted molar refractivity (Wildman–Crippen MR) is 79.6 cm³/mol. The fourth-order valence-corrected chi connectivity index (χ4v) is 2.36. The van der Waals surface area contributed by atoms with E-state index >= 15 is 0 Å². The van der Waals surface area contributed by atoms with Gasteiger partial charge in [-0.1, -0.05) is 0 Å². The van der Waals surface area contributed by atoms with E-state index < -0.39 is 5.69 Å². The van der Waals surface area contributed by atoms with Crippen molar-refractivity contribution < 1.29 is 14.3 Å². The second-order valence-electron chi connectivity index (χ2n) is 4.33. The van der Waals surface area contributed by atoms with Gasteiger partial charge in [-0.05, 0) is 20.1 Å². The van der Waals surface area contributed by atoms with Crippen LogP contribution >= 0.6 is 11.8 Å². The lowest BCUT2D eigenvalue weighted by atomic mass is 10.2. The van der Waals surface area contributed by atoms with Crippen LogP contribution in [0.25, 0.3) is 0 Å². The van der Waals surface area contributed by atoms with Crippen molar-refractivity contribution in [3.05, 3.63) is 21.7 Å². The smallest absolute Gasteiger partial charge is 0.346 e. The summed E-state index contributed by atoms with van der Waals surface area (Å²) in [5, 5.41) is 0.379. The molecular weight excluding hydrogens is 294 g/mol. The normalized spacial score (nSPS) is 10.3. The maximum Gasteiger partial charge on any atom is 0.346 e. The summed E-state index contributed by atoms with van der Waals surface area (Å²) in [6.07, 6.45) is 1.87. The molecule has 0 radical (unpaired) electrons. The first-order valence-corrected chi connectivity index (χ1v) is 7.69. The number of esters is 1. The van der Waals surface area contributed by atoms with Crippen LogP contribution in [0.2, 0.25) is 0 Å². The van der Waals surface area contributed by atoms with Gasteiger partial charge < -0.3 is 14.6 Å². The Balaban J connectivity index is 2.88. The Hall–Kier alpha value is -1.83. The van der Waals surface area contributed by atoms with Gasteiger partial charge in [-0.25, -0.2) is 4.79 Å². The highest BCUT2D eigenvalue weighted by molar-refractivity contribution is 7.98. The number of amides is 1. The van der Waals surface area contributed by atoms with Crippen molar-refractivity contribution in [1.29, 1.82) is 0 Å². The monoisotopic (exact) mass is 313 g/mol. The van der Waals surface area contributed by atoms with E-state index in [4.69, 9.17) is 4.74 Å². The molecule has 0 aromatic carbocycles. The Morgan fingerprint density at radius 2 is 2.10 bits per heavy atom. The minimum atomic E-state index is -0.484. The molecule has 116 valence electrons. The van der Waals surface area contributed by atoms with Gasteiger partial charge in [0.05, 0.1) is 18.6 Å². The van der Waals surface area contributed by atoms with Crippen molar-refractivity contribution in [1.82, 2.24) is 14.9 Å². The molecule has 1 aromatic rings. The second kappa shape index (κ2) is 7.82. The molecule has 0 aliphatic rings. The summed E-state index contributed by atoms with van der Waals surface area (Å²) in [4.78, 5) is 42.8. The van der Waals surface area contributed by atoms with Gasteiger partial charge in [0.25, 0.3) is 5.91 Å². The van der Waals surface area contributed by atoms with Crippen molar-refractivity contribution >= 4 is 23.6 Å². The standard InChI is InChI=1S/C13H19N3O4S/c1-5-20-9(17)6-7-16(3)12(18)10-8(2)14-13(19)15-11(10)21-4/h5-7H2,1-4H3,(H,14,15,19). The van der Waals surface area contributed by atoms with Gasteiger partial charge in [0.15, 0.2) is 0 Å². The molecule has 1 aromatic heterocycles. The summed E-state index contributed by atoms with van der Waals surface area (Å²) in [6.45, 7) is 3.93. The zero-order valence-electron chi connectivity index (χ0n) is 12.6. The molecule has 0 aliphatic heterocycles. The summed E-state index contributed by atoms with van der Waals surface area (Å²) in [7, 11) is 1.59. The topological polar surface area (TPSA) is 92.4 Å². The number of H-pyrrole nitrogens is 1. The zero-order valence-corrected chi connectivity index (χ0v) is 13.4. The molecule has 1 rings (SSSR count). The number of nitrogens with zero attached hydrogens (tertiary/aromatic N) is 2. The predicted octanol–water partition coefficient (Wildman–Crippen LogP) is 0.825. The number of hydrogen-bond acceptors (Lipinski definition) is 6. The van der Waals surface area contributed by atoms with E-state index in [9.17, 15) is 14.4 Å². The number of aryl methyl sites for hydroxylation is 1. The number of ether oxygens (including phenoxy) is 1. The number of aromatic nitrogens is 2. The molecule has 7 nitrogen and oxygen atoms in total. The van der Waals surface area contributed by atoms with E-state index in [0.717, 1.165) is 0 Å². The van der Waals surface area contributed by atoms with Gasteiger partial charge in [0, 0.05) is 19.3 Å². The molecular formula is C13H19N3O4S. The van der Waals surface area contributed by atoms with Crippen LogP contribution in [-0.2, 0) is 9.53 Å². The van der Waals surface area contributed by atoms with Gasteiger partial charge >= 0.3 is 11.7 Å². The summed E-state index contributed by atoms with van der Waals surface area (Å²) in [6, 6.07) is 0. The molecule has 1 heterocycles. The van der Waals surface area contributed by atoms with Crippen LogP contribution in [0.4, 0.5) is 0 Å². The number of nitrogens with one attached hydrogen (secondary N) is 1. The van der Waals surface area contributed by atoms with Crippen molar-refractivity contribution in [3.8, 4) is 0 Å². The Kier molecular flexibility index (Phi) is 6.41. The number of rotatable bonds is 6. The molecule has 1 amide bonds. The third kappa shape index (κ3) is 4.59. The summed E-state index contributed by atoms with van der Waals surface area (Å²) in [5.41, 5.74) is 0.336. The van der Waals surface area contributed by atoms with Crippen LogP contribution in [0.15, 0.2) is 9.82 Å². The summed E-state index contributed by atoms with van der Waals surface area (Å²) in [5.74, 6) is -0.636. The number of hydrogen-bond donors (Lipinski definition) is 1. The quantitative estimate of drug-likeness (QED) is 0.475. The average molecular weight is 313 g/mol. The fourth-order valence-electron chi connectivity index (χ4n) is 1.74. The van der Waals surface area contributed by atoms with Crippen molar-refractivity contribution in [2.45, 2.75) is 25.3 Å². The van der Waals surface area contributed by atoms with Crippen LogP contribution in [0, 0.1) is 6.92 Å². The van der Waals surface area contributed by atoms with Gasteiger partial charge in [-0.15, -0.1) is 11.8 Å². The maximum atomic E-state index is 12.4. The molecule has 0 atom stereocenters. The molecule has 8 heteroatoms. The molecule has 0 unspecified atom stereocenters. The summed E-state index contributed by atoms with van der Waals surface area (Å²) >= 11 is 1.23. The maximum absolute atomic E-state index is 12.4. The Morgan fingerprint density at radius 1 is 1.43 bits per heavy atom. The Labute approximate surface area is 127 Å². The van der Waals surface area contributed by atoms with E-state index in [2.05, 4.69) is 9.97 Å². The highest BCUT2D eigenvalue weighted by Crippen LogP contribution is 2.19. The first-order chi connectivity index (χ1) is 9.90. The first kappa shape index (κ1) is 17.2. The molecule has 0 saturated heterocycles. The third-order valence-electron chi connectivity index (χ3n) is 2.80. The van der Waals surface area contributed by atoms with Gasteiger partial charge in [0.1, 0.15) is 5.03 Å². The van der Waals surface area contributed by atoms with Gasteiger partial charge in [-0.2, -0.15) is 4.98 Å². The second-order valence-corrected chi connectivity index (χ2v) is 5.13. The molecule has 0 bridgehead atoms. The lowest BCUT2D eigenvalue weighted by Gasteiger charge is -2.18. The average Bonchev–Trinajstić information content (AvgIpc) is 2.43. The van der Waals surface area contributed by atoms with E-state index in [1.54, 1.807) is 27.2 Å². The van der Waals surface area contributed by atoms with E-state index in [1.807, 2.05) is 0 Å². The first-order valence-electron chi connectivity index (χ1n) is 6.46.